The van der Waals surface area contributed by atoms with Gasteiger partial charge in [0.25, 0.3) is 0 Å². The molecule has 1 rings (SSSR count). The van der Waals surface area contributed by atoms with Gasteiger partial charge in [-0.3, -0.25) is 0 Å². The van der Waals surface area contributed by atoms with Crippen LogP contribution in [0.4, 0.5) is 0 Å². The third-order valence-electron chi connectivity index (χ3n) is 1.65. The fraction of sp³-hybridized carbons (Fsp3) is 0.333. The molecule has 0 spiro atoms. The van der Waals surface area contributed by atoms with Crippen molar-refractivity contribution in [2.24, 2.45) is 11.5 Å². The van der Waals surface area contributed by atoms with Crippen LogP contribution in [0.2, 0.25) is 0 Å². The number of rotatable bonds is 4. The molecule has 0 aliphatic rings. The third kappa shape index (κ3) is 3.23. The maximum atomic E-state index is 5.48. The lowest BCUT2D eigenvalue weighted by atomic mass is 10.2. The first-order valence-electron chi connectivity index (χ1n) is 4.04. The molecule has 0 amide bonds. The molecule has 0 saturated carbocycles. The number of nitrogens with two attached hydrogens (primary N) is 2. The van der Waals surface area contributed by atoms with Crippen LogP contribution in [-0.2, 0) is 0 Å². The molecule has 0 aliphatic carbocycles. The van der Waals surface area contributed by atoms with E-state index in [4.69, 9.17) is 11.5 Å². The molecule has 2 nitrogen and oxygen atoms in total. The predicted molar refractivity (Wildman–Crippen MR) is 61.0 cm³/mol. The zero-order chi connectivity index (χ0) is 9.68. The number of aryl methyl sites for hydroxylation is 1. The van der Waals surface area contributed by atoms with Crippen LogP contribution < -0.4 is 11.5 Å². The second-order valence-corrected chi connectivity index (χ2v) is 4.70. The number of thioether (sulfide) groups is 2. The minimum absolute atomic E-state index is 0.621. The molecule has 0 aliphatic heterocycles. The van der Waals surface area contributed by atoms with Gasteiger partial charge >= 0.3 is 0 Å². The standard InChI is InChI=1S/C9H14N2S2/c1-7-2-3-8(12-5-10)4-9(7)13-6-11/h2-4H,5-6,10-11H2,1H3. The van der Waals surface area contributed by atoms with Crippen molar-refractivity contribution in [1.82, 2.24) is 0 Å². The minimum Gasteiger partial charge on any atom is -0.322 e. The Labute approximate surface area is 87.5 Å². The molecule has 0 unspecified atom stereocenters. The largest absolute Gasteiger partial charge is 0.322 e. The van der Waals surface area contributed by atoms with E-state index in [1.165, 1.54) is 15.4 Å². The van der Waals surface area contributed by atoms with Crippen molar-refractivity contribution in [2.45, 2.75) is 16.7 Å². The Morgan fingerprint density at radius 2 is 1.85 bits per heavy atom. The fourth-order valence-corrected chi connectivity index (χ4v) is 2.33. The zero-order valence-electron chi connectivity index (χ0n) is 7.62. The summed E-state index contributed by atoms with van der Waals surface area (Å²) in [7, 11) is 0. The molecule has 0 atom stereocenters. The molecule has 1 aromatic rings. The highest BCUT2D eigenvalue weighted by Crippen LogP contribution is 2.26. The molecule has 4 N–H and O–H groups in total. The van der Waals surface area contributed by atoms with Crippen LogP contribution in [0.1, 0.15) is 5.56 Å². The van der Waals surface area contributed by atoms with Crippen molar-refractivity contribution in [3.63, 3.8) is 0 Å². The first-order chi connectivity index (χ1) is 6.27. The van der Waals surface area contributed by atoms with Crippen molar-refractivity contribution in [3.05, 3.63) is 23.8 Å². The SMILES string of the molecule is Cc1ccc(SCN)cc1SCN. The topological polar surface area (TPSA) is 52.0 Å². The number of hydrogen-bond acceptors (Lipinski definition) is 4. The van der Waals surface area contributed by atoms with Crippen molar-refractivity contribution >= 4 is 23.5 Å². The van der Waals surface area contributed by atoms with Crippen LogP contribution >= 0.6 is 23.5 Å². The Kier molecular flexibility index (Phi) is 4.66. The van der Waals surface area contributed by atoms with Gasteiger partial charge in [-0.15, -0.1) is 23.5 Å². The monoisotopic (exact) mass is 214 g/mol. The van der Waals surface area contributed by atoms with Crippen molar-refractivity contribution in [3.8, 4) is 0 Å². The summed E-state index contributed by atoms with van der Waals surface area (Å²) in [6.07, 6.45) is 0. The van der Waals surface area contributed by atoms with E-state index in [1.54, 1.807) is 23.5 Å². The van der Waals surface area contributed by atoms with E-state index in [-0.39, 0.29) is 0 Å². The molecule has 13 heavy (non-hydrogen) atoms. The lowest BCUT2D eigenvalue weighted by Gasteiger charge is -2.06. The van der Waals surface area contributed by atoms with Crippen LogP contribution in [0.5, 0.6) is 0 Å². The average Bonchev–Trinajstić information content (AvgIpc) is 2.12. The summed E-state index contributed by atoms with van der Waals surface area (Å²) in [6, 6.07) is 6.34. The summed E-state index contributed by atoms with van der Waals surface area (Å²) in [5.74, 6) is 1.24. The van der Waals surface area contributed by atoms with E-state index in [2.05, 4.69) is 25.1 Å². The maximum absolute atomic E-state index is 5.48. The van der Waals surface area contributed by atoms with Gasteiger partial charge in [0.1, 0.15) is 0 Å². The van der Waals surface area contributed by atoms with Crippen LogP contribution in [0.3, 0.4) is 0 Å². The smallest absolute Gasteiger partial charge is 0.0440 e. The minimum atomic E-state index is 0.621. The first kappa shape index (κ1) is 10.9. The summed E-state index contributed by atoms with van der Waals surface area (Å²) in [6.45, 7) is 2.09. The van der Waals surface area contributed by atoms with Gasteiger partial charge in [0.15, 0.2) is 0 Å². The van der Waals surface area contributed by atoms with E-state index in [0.717, 1.165) is 0 Å². The quantitative estimate of drug-likeness (QED) is 0.594. The van der Waals surface area contributed by atoms with E-state index in [0.29, 0.717) is 11.8 Å². The van der Waals surface area contributed by atoms with Crippen LogP contribution in [-0.4, -0.2) is 11.8 Å². The molecule has 0 radical (unpaired) electrons. The van der Waals surface area contributed by atoms with E-state index >= 15 is 0 Å². The fourth-order valence-electron chi connectivity index (χ4n) is 1.01. The van der Waals surface area contributed by atoms with Crippen molar-refractivity contribution in [2.75, 3.05) is 11.8 Å². The van der Waals surface area contributed by atoms with Gasteiger partial charge in [0.2, 0.25) is 0 Å². The summed E-state index contributed by atoms with van der Waals surface area (Å²) in [5, 5.41) is 0. The Morgan fingerprint density at radius 1 is 1.15 bits per heavy atom. The summed E-state index contributed by atoms with van der Waals surface area (Å²) in [4.78, 5) is 2.46. The van der Waals surface area contributed by atoms with E-state index in [1.807, 2.05) is 0 Å². The molecule has 0 saturated heterocycles. The van der Waals surface area contributed by atoms with E-state index in [9.17, 15) is 0 Å². The van der Waals surface area contributed by atoms with Crippen LogP contribution in [0.15, 0.2) is 28.0 Å². The van der Waals surface area contributed by atoms with Crippen molar-refractivity contribution in [1.29, 1.82) is 0 Å². The molecule has 0 fully saturated rings. The first-order valence-corrected chi connectivity index (χ1v) is 6.01. The van der Waals surface area contributed by atoms with Gasteiger partial charge in [-0.05, 0) is 24.6 Å². The molecule has 1 aromatic carbocycles. The number of benzene rings is 1. The Balaban J connectivity index is 2.83. The lowest BCUT2D eigenvalue weighted by molar-refractivity contribution is 1.22. The van der Waals surface area contributed by atoms with Crippen LogP contribution in [0, 0.1) is 6.92 Å². The van der Waals surface area contributed by atoms with Gasteiger partial charge in [-0.2, -0.15) is 0 Å². The summed E-state index contributed by atoms with van der Waals surface area (Å²) in [5.41, 5.74) is 12.2. The van der Waals surface area contributed by atoms with Gasteiger partial charge in [-0.25, -0.2) is 0 Å². The molecule has 0 heterocycles. The summed E-state index contributed by atoms with van der Waals surface area (Å²) >= 11 is 3.31. The van der Waals surface area contributed by atoms with Gasteiger partial charge < -0.3 is 11.5 Å². The number of hydrogen-bond donors (Lipinski definition) is 2. The lowest BCUT2D eigenvalue weighted by Crippen LogP contribution is -1.94. The van der Waals surface area contributed by atoms with Gasteiger partial charge in [0.05, 0.1) is 0 Å². The Morgan fingerprint density at radius 3 is 2.46 bits per heavy atom. The zero-order valence-corrected chi connectivity index (χ0v) is 9.25. The highest BCUT2D eigenvalue weighted by atomic mass is 32.2. The summed E-state index contributed by atoms with van der Waals surface area (Å²) < 4.78 is 0. The van der Waals surface area contributed by atoms with Crippen LogP contribution in [0.25, 0.3) is 0 Å². The molecule has 72 valence electrons. The normalized spacial score (nSPS) is 10.4. The third-order valence-corrected chi connectivity index (χ3v) is 3.32. The molecular formula is C9H14N2S2. The molecule has 4 heteroatoms. The predicted octanol–water partition coefficient (Wildman–Crippen LogP) is 2.01. The van der Waals surface area contributed by atoms with Gasteiger partial charge in [-0.1, -0.05) is 6.07 Å². The van der Waals surface area contributed by atoms with Gasteiger partial charge in [0, 0.05) is 21.5 Å². The Bertz CT molecular complexity index is 276. The average molecular weight is 214 g/mol. The molecular weight excluding hydrogens is 200 g/mol. The second kappa shape index (κ2) is 5.54. The van der Waals surface area contributed by atoms with E-state index < -0.39 is 0 Å². The molecule has 0 bridgehead atoms. The second-order valence-electron chi connectivity index (χ2n) is 2.55. The van der Waals surface area contributed by atoms with Crippen molar-refractivity contribution < 1.29 is 0 Å². The highest BCUT2D eigenvalue weighted by molar-refractivity contribution is 8.00. The highest BCUT2D eigenvalue weighted by Gasteiger charge is 1.99. The molecule has 0 aromatic heterocycles. The Hall–Kier alpha value is -0.160. The maximum Gasteiger partial charge on any atom is 0.0440 e.